The van der Waals surface area contributed by atoms with Crippen LogP contribution in [0.3, 0.4) is 0 Å². The van der Waals surface area contributed by atoms with Crippen molar-refractivity contribution < 1.29 is 27.6 Å². The molecule has 2 aromatic heterocycles. The Kier molecular flexibility index (Phi) is 6.43. The highest BCUT2D eigenvalue weighted by molar-refractivity contribution is 6.25. The minimum Gasteiger partial charge on any atom is -0.298 e. The Balaban J connectivity index is 2.23. The molecule has 1 aliphatic carbocycles. The number of fused-ring (bicyclic) bond motifs is 1. The largest absolute Gasteiger partial charge is 0.434 e. The van der Waals surface area contributed by atoms with Crippen molar-refractivity contribution in [3.8, 4) is 0 Å². The molecular weight excluding hydrogens is 413 g/mol. The molecule has 0 aliphatic heterocycles. The minimum absolute atomic E-state index is 0.0288. The van der Waals surface area contributed by atoms with Gasteiger partial charge in [-0.3, -0.25) is 23.7 Å². The van der Waals surface area contributed by atoms with E-state index in [-0.39, 0.29) is 30.3 Å². The van der Waals surface area contributed by atoms with Crippen LogP contribution < -0.4 is 5.56 Å². The average molecular weight is 436 g/mol. The fourth-order valence-corrected chi connectivity index (χ4v) is 3.99. The lowest BCUT2D eigenvalue weighted by atomic mass is 9.81. The molecule has 0 bridgehead atoms. The van der Waals surface area contributed by atoms with E-state index in [1.807, 2.05) is 6.92 Å². The number of hydrogen-bond acceptors (Lipinski definition) is 5. The van der Waals surface area contributed by atoms with Crippen LogP contribution in [0.4, 0.5) is 13.2 Å². The molecule has 0 spiro atoms. The summed E-state index contributed by atoms with van der Waals surface area (Å²) in [6.45, 7) is 3.69. The first-order valence-corrected chi connectivity index (χ1v) is 10.3. The number of alkyl halides is 3. The zero-order valence-electron chi connectivity index (χ0n) is 17.3. The Labute approximate surface area is 176 Å². The van der Waals surface area contributed by atoms with Crippen molar-refractivity contribution in [2.75, 3.05) is 0 Å². The van der Waals surface area contributed by atoms with Gasteiger partial charge in [0.1, 0.15) is 11.6 Å². The molecule has 3 rings (SSSR count). The van der Waals surface area contributed by atoms with E-state index in [2.05, 4.69) is 4.98 Å². The van der Waals surface area contributed by atoms with Crippen LogP contribution in [0.2, 0.25) is 0 Å². The molecule has 1 fully saturated rings. The first-order chi connectivity index (χ1) is 14.6. The molecule has 0 amide bonds. The number of Topliss-reactive ketones (excluding diaryl/α,β-unsaturated/α-hetero) is 3. The van der Waals surface area contributed by atoms with E-state index in [1.54, 1.807) is 6.92 Å². The number of unbranched alkanes of at least 4 members (excludes halogenated alkanes) is 1. The number of ketones is 3. The molecule has 1 unspecified atom stereocenters. The van der Waals surface area contributed by atoms with E-state index < -0.39 is 52.3 Å². The lowest BCUT2D eigenvalue weighted by Gasteiger charge is -2.22. The number of rotatable bonds is 6. The number of pyridine rings is 2. The van der Waals surface area contributed by atoms with Crippen molar-refractivity contribution in [1.82, 2.24) is 9.55 Å². The smallest absolute Gasteiger partial charge is 0.298 e. The third-order valence-corrected chi connectivity index (χ3v) is 5.60. The van der Waals surface area contributed by atoms with Gasteiger partial charge in [0, 0.05) is 30.3 Å². The normalized spacial score (nSPS) is 16.7. The van der Waals surface area contributed by atoms with Gasteiger partial charge in [-0.05, 0) is 31.9 Å². The van der Waals surface area contributed by atoms with Crippen LogP contribution in [0.15, 0.2) is 23.0 Å². The molecule has 0 aromatic carbocycles. The SMILES string of the molecule is CCCCC(C)n1c(=O)ccc2cc(C(=O)C3C(=O)CCCC3=O)c(C(F)(F)F)nc21. The van der Waals surface area contributed by atoms with E-state index in [0.717, 1.165) is 18.9 Å². The second-order valence-corrected chi connectivity index (χ2v) is 7.91. The van der Waals surface area contributed by atoms with E-state index in [4.69, 9.17) is 0 Å². The summed E-state index contributed by atoms with van der Waals surface area (Å²) in [6, 6.07) is 3.11. The number of nitrogens with zero attached hydrogens (tertiary/aromatic N) is 2. The molecule has 166 valence electrons. The maximum atomic E-state index is 13.9. The first-order valence-electron chi connectivity index (χ1n) is 10.3. The topological polar surface area (TPSA) is 86.1 Å². The van der Waals surface area contributed by atoms with Crippen LogP contribution in [0, 0.1) is 5.92 Å². The minimum atomic E-state index is -5.01. The zero-order valence-corrected chi connectivity index (χ0v) is 17.3. The highest BCUT2D eigenvalue weighted by atomic mass is 19.4. The van der Waals surface area contributed by atoms with Gasteiger partial charge >= 0.3 is 6.18 Å². The Bertz CT molecular complexity index is 1090. The van der Waals surface area contributed by atoms with Crippen LogP contribution in [-0.4, -0.2) is 26.9 Å². The number of hydrogen-bond donors (Lipinski definition) is 0. The predicted molar refractivity (Wildman–Crippen MR) is 107 cm³/mol. The Hall–Kier alpha value is -2.84. The molecule has 1 atom stereocenters. The quantitative estimate of drug-likeness (QED) is 0.498. The van der Waals surface area contributed by atoms with Crippen molar-refractivity contribution >= 4 is 28.4 Å². The Morgan fingerprint density at radius 2 is 1.84 bits per heavy atom. The predicted octanol–water partition coefficient (Wildman–Crippen LogP) is 4.29. The Morgan fingerprint density at radius 3 is 2.42 bits per heavy atom. The number of carbonyl (C=O) groups excluding carboxylic acids is 3. The van der Waals surface area contributed by atoms with E-state index >= 15 is 0 Å². The second-order valence-electron chi connectivity index (χ2n) is 7.91. The van der Waals surface area contributed by atoms with Crippen molar-refractivity contribution in [2.45, 2.75) is 64.6 Å². The summed E-state index contributed by atoms with van der Waals surface area (Å²) >= 11 is 0. The molecule has 31 heavy (non-hydrogen) atoms. The summed E-state index contributed by atoms with van der Waals surface area (Å²) in [5, 5.41) is 0.162. The average Bonchev–Trinajstić information content (AvgIpc) is 2.70. The molecule has 0 radical (unpaired) electrons. The third kappa shape index (κ3) is 4.45. The number of halogens is 3. The van der Waals surface area contributed by atoms with Crippen LogP contribution in [0.25, 0.3) is 11.0 Å². The van der Waals surface area contributed by atoms with Crippen molar-refractivity contribution in [3.05, 3.63) is 39.8 Å². The first kappa shape index (κ1) is 22.8. The standard InChI is InChI=1S/C22H23F3N2O4/c1-3-4-6-12(2)27-17(30)10-9-13-11-14(20(22(23,24)25)26-21(13)27)19(31)18-15(28)7-5-8-16(18)29/h9-12,18H,3-8H2,1-2H3. The van der Waals surface area contributed by atoms with Gasteiger partial charge < -0.3 is 0 Å². The van der Waals surface area contributed by atoms with E-state index in [0.29, 0.717) is 6.42 Å². The molecular formula is C22H23F3N2O4. The molecule has 9 heteroatoms. The lowest BCUT2D eigenvalue weighted by molar-refractivity contribution is -0.142. The Morgan fingerprint density at radius 1 is 1.19 bits per heavy atom. The lowest BCUT2D eigenvalue weighted by Crippen LogP contribution is -2.36. The van der Waals surface area contributed by atoms with Gasteiger partial charge in [-0.15, -0.1) is 0 Å². The third-order valence-electron chi connectivity index (χ3n) is 5.60. The number of aromatic nitrogens is 2. The van der Waals surface area contributed by atoms with Gasteiger partial charge in [-0.2, -0.15) is 13.2 Å². The molecule has 2 aromatic rings. The van der Waals surface area contributed by atoms with Gasteiger partial charge in [-0.1, -0.05) is 19.8 Å². The second kappa shape index (κ2) is 8.72. The van der Waals surface area contributed by atoms with Gasteiger partial charge in [0.15, 0.2) is 23.0 Å². The summed E-state index contributed by atoms with van der Waals surface area (Å²) in [7, 11) is 0. The summed E-state index contributed by atoms with van der Waals surface area (Å²) in [5.41, 5.74) is -2.98. The van der Waals surface area contributed by atoms with E-state index in [1.165, 1.54) is 16.7 Å². The maximum Gasteiger partial charge on any atom is 0.434 e. The molecule has 2 heterocycles. The number of carbonyl (C=O) groups is 3. The van der Waals surface area contributed by atoms with E-state index in [9.17, 15) is 32.3 Å². The summed E-state index contributed by atoms with van der Waals surface area (Å²) < 4.78 is 42.8. The van der Waals surface area contributed by atoms with Crippen LogP contribution in [0.5, 0.6) is 0 Å². The molecule has 0 N–H and O–H groups in total. The fraction of sp³-hybridized carbons (Fsp3) is 0.500. The van der Waals surface area contributed by atoms with Crippen LogP contribution >= 0.6 is 0 Å². The van der Waals surface area contributed by atoms with Crippen LogP contribution in [0.1, 0.15) is 74.5 Å². The summed E-state index contributed by atoms with van der Waals surface area (Å²) in [6.07, 6.45) is -2.58. The van der Waals surface area contributed by atoms with Crippen molar-refractivity contribution in [1.29, 1.82) is 0 Å². The van der Waals surface area contributed by atoms with Crippen molar-refractivity contribution in [2.24, 2.45) is 5.92 Å². The molecule has 6 nitrogen and oxygen atoms in total. The van der Waals surface area contributed by atoms with Gasteiger partial charge in [-0.25, -0.2) is 4.98 Å². The summed E-state index contributed by atoms with van der Waals surface area (Å²) in [4.78, 5) is 53.3. The molecule has 0 saturated heterocycles. The highest BCUT2D eigenvalue weighted by Crippen LogP contribution is 2.35. The monoisotopic (exact) mass is 436 g/mol. The van der Waals surface area contributed by atoms with Gasteiger partial charge in [0.25, 0.3) is 5.56 Å². The highest BCUT2D eigenvalue weighted by Gasteiger charge is 2.43. The summed E-state index contributed by atoms with van der Waals surface area (Å²) in [5.74, 6) is -4.27. The fourth-order valence-electron chi connectivity index (χ4n) is 3.99. The van der Waals surface area contributed by atoms with Crippen LogP contribution in [-0.2, 0) is 15.8 Å². The molecule has 1 aliphatic rings. The van der Waals surface area contributed by atoms with Gasteiger partial charge in [0.2, 0.25) is 0 Å². The molecule has 1 saturated carbocycles. The maximum absolute atomic E-state index is 13.9. The zero-order chi connectivity index (χ0) is 22.9. The van der Waals surface area contributed by atoms with Gasteiger partial charge in [0.05, 0.1) is 5.56 Å². The van der Waals surface area contributed by atoms with Crippen molar-refractivity contribution in [3.63, 3.8) is 0 Å².